The van der Waals surface area contributed by atoms with Gasteiger partial charge in [-0.2, -0.15) is 4.31 Å². The fourth-order valence-corrected chi connectivity index (χ4v) is 6.05. The molecule has 0 atom stereocenters. The number of hydrogen-bond acceptors (Lipinski definition) is 5. The van der Waals surface area contributed by atoms with Crippen molar-refractivity contribution < 1.29 is 18.0 Å². The van der Waals surface area contributed by atoms with Crippen LogP contribution in [0.25, 0.3) is 0 Å². The van der Waals surface area contributed by atoms with Crippen LogP contribution >= 0.6 is 0 Å². The van der Waals surface area contributed by atoms with Crippen LogP contribution in [0.2, 0.25) is 0 Å². The van der Waals surface area contributed by atoms with E-state index in [-0.39, 0.29) is 17.6 Å². The van der Waals surface area contributed by atoms with Crippen molar-refractivity contribution in [2.24, 2.45) is 0 Å². The van der Waals surface area contributed by atoms with E-state index in [1.54, 1.807) is 4.90 Å². The van der Waals surface area contributed by atoms with Gasteiger partial charge >= 0.3 is 0 Å². The Balaban J connectivity index is 1.19. The predicted octanol–water partition coefficient (Wildman–Crippen LogP) is 1.36. The Morgan fingerprint density at radius 3 is 1.91 bits per heavy atom. The number of amides is 2. The van der Waals surface area contributed by atoms with E-state index in [2.05, 4.69) is 4.90 Å². The molecule has 2 heterocycles. The van der Waals surface area contributed by atoms with Crippen LogP contribution in [0, 0.1) is 6.92 Å². The van der Waals surface area contributed by atoms with Crippen molar-refractivity contribution in [3.05, 3.63) is 71.3 Å². The summed E-state index contributed by atoms with van der Waals surface area (Å²) >= 11 is 0. The summed E-state index contributed by atoms with van der Waals surface area (Å²) in [4.78, 5) is 31.2. The number of carbonyl (C=O) groups excluding carboxylic acids is 2. The van der Waals surface area contributed by atoms with E-state index >= 15 is 0 Å². The van der Waals surface area contributed by atoms with Gasteiger partial charge in [0.1, 0.15) is 0 Å². The van der Waals surface area contributed by atoms with Crippen LogP contribution in [-0.2, 0) is 31.8 Å². The monoisotopic (exact) mass is 498 g/mol. The summed E-state index contributed by atoms with van der Waals surface area (Å²) in [6.07, 6.45) is 0.399. The minimum absolute atomic E-state index is 0.0181. The molecule has 0 aromatic heterocycles. The average molecular weight is 499 g/mol. The first-order chi connectivity index (χ1) is 16.8. The number of rotatable bonds is 7. The van der Waals surface area contributed by atoms with Gasteiger partial charge < -0.3 is 9.80 Å². The summed E-state index contributed by atoms with van der Waals surface area (Å²) in [6, 6.07) is 17.2. The third kappa shape index (κ3) is 6.90. The lowest BCUT2D eigenvalue weighted by Crippen LogP contribution is -2.55. The van der Waals surface area contributed by atoms with Gasteiger partial charge in [-0.15, -0.1) is 0 Å². The zero-order chi connectivity index (χ0) is 24.8. The normalized spacial score (nSPS) is 18.0. The summed E-state index contributed by atoms with van der Waals surface area (Å²) in [5.74, 6) is 0.117. The number of sulfonamides is 1. The molecule has 0 aliphatic carbocycles. The van der Waals surface area contributed by atoms with Gasteiger partial charge in [0.05, 0.1) is 18.7 Å². The largest absolute Gasteiger partial charge is 0.340 e. The van der Waals surface area contributed by atoms with Crippen LogP contribution in [0.5, 0.6) is 0 Å². The molecule has 0 bridgehead atoms. The summed E-state index contributed by atoms with van der Waals surface area (Å²) in [5.41, 5.74) is 2.96. The maximum atomic E-state index is 12.8. The lowest BCUT2D eigenvalue weighted by molar-refractivity contribution is -0.135. The Bertz CT molecular complexity index is 1110. The van der Waals surface area contributed by atoms with E-state index in [0.29, 0.717) is 65.3 Å². The lowest BCUT2D eigenvalue weighted by Gasteiger charge is -2.37. The van der Waals surface area contributed by atoms with Gasteiger partial charge in [0, 0.05) is 52.4 Å². The first-order valence-corrected chi connectivity index (χ1v) is 13.8. The molecule has 2 aliphatic rings. The van der Waals surface area contributed by atoms with Crippen LogP contribution < -0.4 is 0 Å². The molecule has 0 unspecified atom stereocenters. The highest BCUT2D eigenvalue weighted by molar-refractivity contribution is 7.88. The molecule has 35 heavy (non-hydrogen) atoms. The highest BCUT2D eigenvalue weighted by atomic mass is 32.2. The molecule has 2 aromatic carbocycles. The standard InChI is InChI=1S/C26H34N4O4S/c1-22-7-9-23(10-8-22)19-25(31)28-13-11-27(12-14-28)20-26(32)29-15-17-30(18-16-29)35(33,34)21-24-5-3-2-4-6-24/h2-10H,11-21H2,1H3. The smallest absolute Gasteiger partial charge is 0.236 e. The topological polar surface area (TPSA) is 81.2 Å². The van der Waals surface area contributed by atoms with Crippen molar-refractivity contribution >= 4 is 21.8 Å². The quantitative estimate of drug-likeness (QED) is 0.576. The number of piperazine rings is 2. The molecular weight excluding hydrogens is 464 g/mol. The van der Waals surface area contributed by atoms with Gasteiger partial charge in [0.15, 0.2) is 0 Å². The zero-order valence-electron chi connectivity index (χ0n) is 20.3. The maximum absolute atomic E-state index is 12.8. The van der Waals surface area contributed by atoms with Gasteiger partial charge in [0.25, 0.3) is 0 Å². The summed E-state index contributed by atoms with van der Waals surface area (Å²) in [5, 5.41) is 0. The Labute approximate surface area is 208 Å². The molecule has 188 valence electrons. The van der Waals surface area contributed by atoms with Crippen LogP contribution in [0.3, 0.4) is 0 Å². The van der Waals surface area contributed by atoms with Crippen molar-refractivity contribution in [1.29, 1.82) is 0 Å². The van der Waals surface area contributed by atoms with E-state index in [4.69, 9.17) is 0 Å². The van der Waals surface area contributed by atoms with Crippen molar-refractivity contribution in [1.82, 2.24) is 19.0 Å². The zero-order valence-corrected chi connectivity index (χ0v) is 21.1. The van der Waals surface area contributed by atoms with E-state index in [9.17, 15) is 18.0 Å². The van der Waals surface area contributed by atoms with Crippen molar-refractivity contribution in [2.45, 2.75) is 19.1 Å². The predicted molar refractivity (Wildman–Crippen MR) is 135 cm³/mol. The molecule has 0 saturated carbocycles. The molecule has 0 radical (unpaired) electrons. The third-order valence-corrected chi connectivity index (χ3v) is 8.59. The number of benzene rings is 2. The van der Waals surface area contributed by atoms with Gasteiger partial charge in [-0.1, -0.05) is 60.2 Å². The van der Waals surface area contributed by atoms with Crippen molar-refractivity contribution in [3.63, 3.8) is 0 Å². The first kappa shape index (κ1) is 25.3. The van der Waals surface area contributed by atoms with E-state index in [1.165, 1.54) is 9.87 Å². The van der Waals surface area contributed by atoms with Gasteiger partial charge in [-0.05, 0) is 18.1 Å². The fourth-order valence-electron chi connectivity index (χ4n) is 4.53. The third-order valence-electron chi connectivity index (χ3n) is 6.74. The molecule has 2 amide bonds. The van der Waals surface area contributed by atoms with Crippen molar-refractivity contribution in [2.75, 3.05) is 58.9 Å². The average Bonchev–Trinajstić information content (AvgIpc) is 2.86. The minimum Gasteiger partial charge on any atom is -0.340 e. The Morgan fingerprint density at radius 1 is 0.714 bits per heavy atom. The highest BCUT2D eigenvalue weighted by Crippen LogP contribution is 2.14. The minimum atomic E-state index is -3.40. The Hall–Kier alpha value is -2.75. The van der Waals surface area contributed by atoms with Crippen LogP contribution in [-0.4, -0.2) is 98.1 Å². The first-order valence-electron chi connectivity index (χ1n) is 12.2. The maximum Gasteiger partial charge on any atom is 0.236 e. The number of hydrogen-bond donors (Lipinski definition) is 0. The van der Waals surface area contributed by atoms with Crippen LogP contribution in [0.15, 0.2) is 54.6 Å². The summed E-state index contributed by atoms with van der Waals surface area (Å²) < 4.78 is 27.0. The SMILES string of the molecule is Cc1ccc(CC(=O)N2CCN(CC(=O)N3CCN(S(=O)(=O)Cc4ccccc4)CC3)CC2)cc1. The number of carbonyl (C=O) groups is 2. The fraction of sp³-hybridized carbons (Fsp3) is 0.462. The van der Waals surface area contributed by atoms with Gasteiger partial charge in [-0.25, -0.2) is 8.42 Å². The molecular formula is C26H34N4O4S. The highest BCUT2D eigenvalue weighted by Gasteiger charge is 2.30. The van der Waals surface area contributed by atoms with E-state index in [1.807, 2.05) is 66.4 Å². The Kier molecular flexibility index (Phi) is 8.20. The molecule has 2 saturated heterocycles. The molecule has 2 fully saturated rings. The molecule has 2 aliphatic heterocycles. The van der Waals surface area contributed by atoms with E-state index in [0.717, 1.165) is 11.1 Å². The van der Waals surface area contributed by atoms with Crippen LogP contribution in [0.4, 0.5) is 0 Å². The number of nitrogens with zero attached hydrogens (tertiary/aromatic N) is 4. The second-order valence-electron chi connectivity index (χ2n) is 9.34. The molecule has 2 aromatic rings. The molecule has 4 rings (SSSR count). The second-order valence-corrected chi connectivity index (χ2v) is 11.3. The van der Waals surface area contributed by atoms with Crippen molar-refractivity contribution in [3.8, 4) is 0 Å². The van der Waals surface area contributed by atoms with Gasteiger partial charge in [-0.3, -0.25) is 14.5 Å². The summed E-state index contributed by atoms with van der Waals surface area (Å²) in [6.45, 7) is 6.34. The van der Waals surface area contributed by atoms with Gasteiger partial charge in [0.2, 0.25) is 21.8 Å². The molecule has 9 heteroatoms. The van der Waals surface area contributed by atoms with E-state index < -0.39 is 10.0 Å². The molecule has 0 N–H and O–H groups in total. The van der Waals surface area contributed by atoms with Crippen LogP contribution in [0.1, 0.15) is 16.7 Å². The second kappa shape index (κ2) is 11.3. The summed E-state index contributed by atoms with van der Waals surface area (Å²) in [7, 11) is -3.40. The molecule has 8 nitrogen and oxygen atoms in total. The number of aryl methyl sites for hydroxylation is 1. The lowest BCUT2D eigenvalue weighted by atomic mass is 10.1. The molecule has 0 spiro atoms. The Morgan fingerprint density at radius 2 is 1.29 bits per heavy atom.